The van der Waals surface area contributed by atoms with Crippen LogP contribution < -0.4 is 15.2 Å². The van der Waals surface area contributed by atoms with E-state index in [0.717, 1.165) is 11.3 Å². The molecule has 0 spiro atoms. The first-order chi connectivity index (χ1) is 17.6. The summed E-state index contributed by atoms with van der Waals surface area (Å²) in [7, 11) is 3.29. The van der Waals surface area contributed by atoms with Crippen molar-refractivity contribution in [3.05, 3.63) is 61.8 Å². The highest BCUT2D eigenvalue weighted by Crippen LogP contribution is 2.36. The second-order valence-corrected chi connectivity index (χ2v) is 11.0. The van der Waals surface area contributed by atoms with E-state index in [1.807, 2.05) is 38.1 Å². The number of nitriles is 1. The van der Waals surface area contributed by atoms with E-state index in [9.17, 15) is 14.9 Å². The van der Waals surface area contributed by atoms with Crippen LogP contribution >= 0.6 is 24.0 Å². The van der Waals surface area contributed by atoms with Crippen molar-refractivity contribution in [1.82, 2.24) is 9.47 Å². The maximum Gasteiger partial charge on any atom is 0.270 e. The molecule has 0 saturated carbocycles. The summed E-state index contributed by atoms with van der Waals surface area (Å²) >= 11 is 6.80. The van der Waals surface area contributed by atoms with Gasteiger partial charge in [-0.3, -0.25) is 19.1 Å². The number of nitrogens with zero attached hydrogens (tertiary/aromatic N) is 4. The highest BCUT2D eigenvalue weighted by molar-refractivity contribution is 8.26. The predicted octanol–water partition coefficient (Wildman–Crippen LogP) is 3.63. The first kappa shape index (κ1) is 26.9. The van der Waals surface area contributed by atoms with E-state index in [1.54, 1.807) is 32.1 Å². The van der Waals surface area contributed by atoms with Crippen LogP contribution in [-0.4, -0.2) is 58.6 Å². The monoisotopic (exact) mass is 538 g/mol. The molecule has 8 nitrogen and oxygen atoms in total. The van der Waals surface area contributed by atoms with Crippen LogP contribution in [0.25, 0.3) is 6.08 Å². The highest BCUT2D eigenvalue weighted by atomic mass is 32.2. The molecule has 0 aliphatic carbocycles. The molecule has 194 valence electrons. The van der Waals surface area contributed by atoms with E-state index in [-0.39, 0.29) is 29.2 Å². The van der Waals surface area contributed by atoms with Crippen molar-refractivity contribution >= 4 is 46.1 Å². The fourth-order valence-corrected chi connectivity index (χ4v) is 6.09. The minimum atomic E-state index is -0.356. The smallest absolute Gasteiger partial charge is 0.270 e. The minimum absolute atomic E-state index is 0.0289. The number of pyridine rings is 1. The molecule has 2 aliphatic heterocycles. The fraction of sp³-hybridized carbons (Fsp3) is 0.407. The molecule has 3 heterocycles. The molecule has 1 amide bonds. The highest BCUT2D eigenvalue weighted by Gasteiger charge is 2.33. The van der Waals surface area contributed by atoms with Gasteiger partial charge in [-0.05, 0) is 56.5 Å². The molecule has 1 aromatic carbocycles. The molecule has 0 radical (unpaired) electrons. The maximum atomic E-state index is 13.4. The molecular formula is C27H30N4O4S2. The Kier molecular flexibility index (Phi) is 8.07. The van der Waals surface area contributed by atoms with Gasteiger partial charge in [-0.15, -0.1) is 0 Å². The van der Waals surface area contributed by atoms with Crippen LogP contribution in [0.15, 0.2) is 34.0 Å². The van der Waals surface area contributed by atoms with E-state index >= 15 is 0 Å². The lowest BCUT2D eigenvalue weighted by Gasteiger charge is -2.38. The normalized spacial score (nSPS) is 21.0. The van der Waals surface area contributed by atoms with Crippen molar-refractivity contribution in [2.24, 2.45) is 7.05 Å². The van der Waals surface area contributed by atoms with E-state index < -0.39 is 0 Å². The number of ether oxygens (including phenoxy) is 2. The molecule has 2 aromatic rings. The number of benzene rings is 1. The Morgan fingerprint density at radius 1 is 1.22 bits per heavy atom. The summed E-state index contributed by atoms with van der Waals surface area (Å²) in [6, 6.07) is 9.78. The third-order valence-corrected chi connectivity index (χ3v) is 8.00. The summed E-state index contributed by atoms with van der Waals surface area (Å²) < 4.78 is 13.1. The number of morpholine rings is 1. The summed E-state index contributed by atoms with van der Waals surface area (Å²) in [5.74, 6) is 1.28. The van der Waals surface area contributed by atoms with Crippen molar-refractivity contribution < 1.29 is 14.3 Å². The maximum absolute atomic E-state index is 13.4. The Balaban J connectivity index is 1.68. The number of methoxy groups -OCH3 is 1. The van der Waals surface area contributed by atoms with Gasteiger partial charge in [0.2, 0.25) is 0 Å². The number of carbonyl (C=O) groups is 1. The lowest BCUT2D eigenvalue weighted by atomic mass is 10.0. The van der Waals surface area contributed by atoms with Crippen LogP contribution in [0.2, 0.25) is 0 Å². The van der Waals surface area contributed by atoms with Gasteiger partial charge in [-0.1, -0.05) is 36.1 Å². The van der Waals surface area contributed by atoms with E-state index in [1.165, 1.54) is 16.3 Å². The third-order valence-electron chi connectivity index (χ3n) is 6.62. The van der Waals surface area contributed by atoms with Gasteiger partial charge in [-0.25, -0.2) is 0 Å². The lowest BCUT2D eigenvalue weighted by Crippen LogP contribution is -2.47. The standard InChI is InChI=1S/C27H30N4O4S2/c1-16-14-30(15-17(2)35-16)24-21(18(3)22(13-28)25(32)29(24)4)12-23-26(33)31(27(36)37-23)11-10-19-6-8-20(34-5)9-7-19/h6-9,12,16-17H,10-11,14-15H2,1-5H3/b23-12-/t16-,17-/m0/s1. The van der Waals surface area contributed by atoms with Gasteiger partial charge in [0.25, 0.3) is 11.5 Å². The zero-order valence-electron chi connectivity index (χ0n) is 21.6. The minimum Gasteiger partial charge on any atom is -0.497 e. The van der Waals surface area contributed by atoms with Gasteiger partial charge >= 0.3 is 0 Å². The SMILES string of the molecule is COc1ccc(CCN2C(=O)/C(=C/c3c(C)c(C#N)c(=O)n(C)c3N3C[C@H](C)O[C@@H](C)C3)SC2=S)cc1. The van der Waals surface area contributed by atoms with Crippen LogP contribution in [0, 0.1) is 18.3 Å². The molecule has 0 unspecified atom stereocenters. The van der Waals surface area contributed by atoms with E-state index in [0.29, 0.717) is 52.2 Å². The molecule has 2 saturated heterocycles. The average molecular weight is 539 g/mol. The fourth-order valence-electron chi connectivity index (χ4n) is 4.80. The third kappa shape index (κ3) is 5.44. The van der Waals surface area contributed by atoms with Crippen molar-refractivity contribution in [3.63, 3.8) is 0 Å². The zero-order chi connectivity index (χ0) is 26.9. The second kappa shape index (κ2) is 11.1. The van der Waals surface area contributed by atoms with Crippen molar-refractivity contribution in [2.75, 3.05) is 31.6 Å². The van der Waals surface area contributed by atoms with Gasteiger partial charge in [0.05, 0.1) is 24.2 Å². The number of hydrogen-bond acceptors (Lipinski definition) is 8. The second-order valence-electron chi connectivity index (χ2n) is 9.31. The van der Waals surface area contributed by atoms with Gasteiger partial charge in [0.1, 0.15) is 27.5 Å². The molecule has 0 bridgehead atoms. The number of aromatic nitrogens is 1. The molecular weight excluding hydrogens is 508 g/mol. The topological polar surface area (TPSA) is 87.8 Å². The molecule has 1 aromatic heterocycles. The summed E-state index contributed by atoms with van der Waals surface area (Å²) in [5, 5.41) is 9.71. The van der Waals surface area contributed by atoms with Crippen LogP contribution in [0.1, 0.15) is 36.1 Å². The number of amides is 1. The molecule has 2 atom stereocenters. The molecule has 2 fully saturated rings. The Morgan fingerprint density at radius 2 is 1.86 bits per heavy atom. The summed E-state index contributed by atoms with van der Waals surface area (Å²) in [6.07, 6.45) is 2.37. The Bertz CT molecular complexity index is 1350. The summed E-state index contributed by atoms with van der Waals surface area (Å²) in [4.78, 5) is 30.6. The quantitative estimate of drug-likeness (QED) is 0.407. The van der Waals surface area contributed by atoms with Crippen molar-refractivity contribution in [2.45, 2.75) is 39.4 Å². The Morgan fingerprint density at radius 3 is 2.46 bits per heavy atom. The molecule has 2 aliphatic rings. The van der Waals surface area contributed by atoms with E-state index in [2.05, 4.69) is 11.0 Å². The number of hydrogen-bond donors (Lipinski definition) is 0. The number of thioether (sulfide) groups is 1. The Labute approximate surface area is 226 Å². The predicted molar refractivity (Wildman–Crippen MR) is 150 cm³/mol. The van der Waals surface area contributed by atoms with Gasteiger partial charge in [-0.2, -0.15) is 5.26 Å². The van der Waals surface area contributed by atoms with Gasteiger partial charge in [0, 0.05) is 32.2 Å². The number of thiocarbonyl (C=S) groups is 1. The van der Waals surface area contributed by atoms with Crippen molar-refractivity contribution in [1.29, 1.82) is 5.26 Å². The van der Waals surface area contributed by atoms with Crippen LogP contribution in [0.5, 0.6) is 5.75 Å². The summed E-state index contributed by atoms with van der Waals surface area (Å²) in [5.41, 5.74) is 2.02. The van der Waals surface area contributed by atoms with Gasteiger partial charge < -0.3 is 14.4 Å². The van der Waals surface area contributed by atoms with Crippen LogP contribution in [0.4, 0.5) is 5.82 Å². The van der Waals surface area contributed by atoms with Crippen molar-refractivity contribution in [3.8, 4) is 11.8 Å². The number of anilines is 1. The molecule has 0 N–H and O–H groups in total. The lowest BCUT2D eigenvalue weighted by molar-refractivity contribution is -0.122. The average Bonchev–Trinajstić information content (AvgIpc) is 3.13. The number of rotatable bonds is 6. The van der Waals surface area contributed by atoms with Crippen LogP contribution in [-0.2, 0) is 23.0 Å². The zero-order valence-corrected chi connectivity index (χ0v) is 23.2. The summed E-state index contributed by atoms with van der Waals surface area (Å²) in [6.45, 7) is 7.37. The van der Waals surface area contributed by atoms with Gasteiger partial charge in [0.15, 0.2) is 0 Å². The largest absolute Gasteiger partial charge is 0.497 e. The van der Waals surface area contributed by atoms with E-state index in [4.69, 9.17) is 21.7 Å². The van der Waals surface area contributed by atoms with Crippen LogP contribution in [0.3, 0.4) is 0 Å². The molecule has 37 heavy (non-hydrogen) atoms. The first-order valence-corrected chi connectivity index (χ1v) is 13.3. The first-order valence-electron chi connectivity index (χ1n) is 12.1. The number of carbonyl (C=O) groups excluding carboxylic acids is 1. The Hall–Kier alpha value is -3.13. The molecule has 4 rings (SSSR count). The molecule has 10 heteroatoms.